The molecule has 0 bridgehead atoms. The molecule has 2 aliphatic rings. The lowest BCUT2D eigenvalue weighted by atomic mass is 9.72. The third-order valence-corrected chi connectivity index (χ3v) is 17.6. The number of rotatable bonds is 16. The van der Waals surface area contributed by atoms with Gasteiger partial charge in [-0.15, -0.1) is 22.7 Å². The molecule has 0 amide bonds. The van der Waals surface area contributed by atoms with Crippen molar-refractivity contribution < 1.29 is 38.9 Å². The maximum atomic E-state index is 14.2. The zero-order chi connectivity index (χ0) is 50.7. The highest BCUT2D eigenvalue weighted by Gasteiger charge is 2.42. The van der Waals surface area contributed by atoms with Gasteiger partial charge in [-0.05, 0) is 115 Å². The van der Waals surface area contributed by atoms with E-state index in [-0.39, 0.29) is 46.7 Å². The van der Waals surface area contributed by atoms with Gasteiger partial charge in [-0.2, -0.15) is 0 Å². The highest BCUT2D eigenvalue weighted by molar-refractivity contribution is 7.25. The lowest BCUT2D eigenvalue weighted by molar-refractivity contribution is -0.151. The maximum absolute atomic E-state index is 14.2. The molecule has 12 heteroatoms. The molecule has 0 radical (unpaired) electrons. The van der Waals surface area contributed by atoms with Crippen molar-refractivity contribution in [1.29, 1.82) is 0 Å². The number of carbonyl (C=O) groups is 4. The summed E-state index contributed by atoms with van der Waals surface area (Å²) in [7, 11) is 0. The molecule has 2 aliphatic carbocycles. The lowest BCUT2D eigenvalue weighted by Gasteiger charge is -2.34. The predicted octanol–water partition coefficient (Wildman–Crippen LogP) is 11.9. The number of esters is 2. The highest BCUT2D eigenvalue weighted by Crippen LogP contribution is 2.41. The van der Waals surface area contributed by atoms with Crippen LogP contribution in [0.4, 0.5) is 0 Å². The summed E-state index contributed by atoms with van der Waals surface area (Å²) in [4.78, 5) is 81.6. The van der Waals surface area contributed by atoms with E-state index in [4.69, 9.17) is 9.47 Å². The molecule has 0 spiro atoms. The molecule has 10 nitrogen and oxygen atoms in total. The second-order valence-electron chi connectivity index (χ2n) is 20.1. The van der Waals surface area contributed by atoms with Gasteiger partial charge in [0.2, 0.25) is 11.6 Å². The Hall–Kier alpha value is -6.70. The van der Waals surface area contributed by atoms with Crippen molar-refractivity contribution in [2.24, 2.45) is 23.7 Å². The van der Waals surface area contributed by atoms with E-state index in [1.54, 1.807) is 109 Å². The third kappa shape index (κ3) is 10.6. The summed E-state index contributed by atoms with van der Waals surface area (Å²) < 4.78 is 14.3. The van der Waals surface area contributed by atoms with Crippen molar-refractivity contribution in [3.63, 3.8) is 0 Å². The number of ether oxygens (including phenoxy) is 2. The zero-order valence-electron chi connectivity index (χ0n) is 40.3. The Bertz CT molecular complexity index is 3250. The van der Waals surface area contributed by atoms with Gasteiger partial charge in [-0.1, -0.05) is 123 Å². The molecule has 0 aliphatic heterocycles. The molecule has 2 aromatic heterocycles. The lowest BCUT2D eigenvalue weighted by Crippen LogP contribution is -2.41. The fraction of sp³-hybridized carbons (Fsp3) is 0.311. The van der Waals surface area contributed by atoms with Gasteiger partial charge in [-0.3, -0.25) is 28.8 Å². The molecule has 10 rings (SSSR count). The first-order chi connectivity index (χ1) is 35.4. The van der Waals surface area contributed by atoms with E-state index in [0.717, 1.165) is 67.2 Å². The summed E-state index contributed by atoms with van der Waals surface area (Å²) in [5.74, 6) is -0.800. The first-order valence-corrected chi connectivity index (χ1v) is 26.9. The number of carbonyl (C=O) groups excluding carboxylic acids is 4. The number of hydrogen-bond acceptors (Lipinski definition) is 12. The van der Waals surface area contributed by atoms with Crippen molar-refractivity contribution in [3.05, 3.63) is 188 Å². The number of hydrogen-bond donors (Lipinski definition) is 2. The minimum atomic E-state index is -2.14. The Morgan fingerprint density at radius 3 is 1.18 bits per heavy atom. The van der Waals surface area contributed by atoms with Crippen molar-refractivity contribution in [1.82, 2.24) is 0 Å². The Balaban J connectivity index is 0.690. The number of fused-ring (bicyclic) bond motifs is 4. The van der Waals surface area contributed by atoms with Crippen molar-refractivity contribution >= 4 is 86.5 Å². The summed E-state index contributed by atoms with van der Waals surface area (Å²) in [6, 6.07) is 41.3. The van der Waals surface area contributed by atoms with Crippen molar-refractivity contribution in [3.8, 4) is 0 Å². The molecule has 6 aromatic carbocycles. The molecule has 2 saturated carbocycles. The Morgan fingerprint density at radius 2 is 0.781 bits per heavy atom. The minimum absolute atomic E-state index is 0.120. The Labute approximate surface area is 430 Å². The average Bonchev–Trinajstić information content (AvgIpc) is 3.42. The van der Waals surface area contributed by atoms with Gasteiger partial charge in [0.15, 0.2) is 22.1 Å². The van der Waals surface area contributed by atoms with Crippen LogP contribution < -0.4 is 10.9 Å². The van der Waals surface area contributed by atoms with Crippen LogP contribution >= 0.6 is 22.7 Å². The highest BCUT2D eigenvalue weighted by atomic mass is 32.1. The van der Waals surface area contributed by atoms with E-state index >= 15 is 0 Å². The van der Waals surface area contributed by atoms with Gasteiger partial charge in [0.25, 0.3) is 0 Å². The Kier molecular flexibility index (Phi) is 14.6. The molecule has 73 heavy (non-hydrogen) atoms. The topological polar surface area (TPSA) is 161 Å². The van der Waals surface area contributed by atoms with Crippen LogP contribution in [0.2, 0.25) is 0 Å². The summed E-state index contributed by atoms with van der Waals surface area (Å²) in [5.41, 5.74) is -3.48. The maximum Gasteiger partial charge on any atom is 0.306 e. The number of benzene rings is 6. The van der Waals surface area contributed by atoms with E-state index in [1.807, 2.05) is 36.4 Å². The summed E-state index contributed by atoms with van der Waals surface area (Å²) in [5, 5.41) is 26.3. The second-order valence-corrected chi connectivity index (χ2v) is 22.3. The van der Waals surface area contributed by atoms with Gasteiger partial charge >= 0.3 is 11.9 Å². The predicted molar refractivity (Wildman–Crippen MR) is 287 cm³/mol. The van der Waals surface area contributed by atoms with Crippen LogP contribution in [-0.4, -0.2) is 46.9 Å². The number of aliphatic hydroxyl groups is 2. The SMILES string of the molecule is O=C(CC1CCC(CC2CCC(CC(=O)OCC(O)(C(=O)c3ccc4c(=O)c5ccccc5sc4c3)c3ccccc3)CC2)CC1)OCC(O)(C(=O)c1ccc2c(=O)c3ccccc3sc2c1)c1ccccc1. The third-order valence-electron chi connectivity index (χ3n) is 15.3. The van der Waals surface area contributed by atoms with Gasteiger partial charge < -0.3 is 19.7 Å². The van der Waals surface area contributed by atoms with Crippen LogP contribution in [0.25, 0.3) is 40.3 Å². The molecule has 2 unspecified atom stereocenters. The van der Waals surface area contributed by atoms with E-state index in [1.165, 1.54) is 22.7 Å². The second kappa shape index (κ2) is 21.4. The van der Waals surface area contributed by atoms with Gasteiger partial charge in [0, 0.05) is 64.3 Å². The van der Waals surface area contributed by atoms with Crippen LogP contribution in [0.15, 0.2) is 155 Å². The van der Waals surface area contributed by atoms with E-state index in [0.29, 0.717) is 53.9 Å². The van der Waals surface area contributed by atoms with Crippen LogP contribution in [0, 0.1) is 23.7 Å². The summed E-state index contributed by atoms with van der Waals surface area (Å²) in [6.45, 7) is -1.08. The molecule has 2 fully saturated rings. The standard InChI is InChI=1S/C61H56O10S2/c62-54(70-36-60(68,44-11-3-1-4-12-44)58(66)42-27-29-48-52(34-42)72-50-17-9-7-15-46(50)56(48)64)32-40-23-19-38(20-24-40)31-39-21-25-41(26-22-39)33-55(63)71-37-61(69,45-13-5-2-6-14-45)59(67)43-28-30-49-53(35-43)73-51-18-10-8-16-47(51)57(49)65/h1-18,27-30,34-35,38-41,68-69H,19-26,31-33,36-37H2. The van der Waals surface area contributed by atoms with Crippen LogP contribution in [0.1, 0.15) is 102 Å². The Morgan fingerprint density at radius 1 is 0.438 bits per heavy atom. The quantitative estimate of drug-likeness (QED) is 0.0541. The summed E-state index contributed by atoms with van der Waals surface area (Å²) in [6.07, 6.45) is 9.03. The van der Waals surface area contributed by atoms with E-state index in [2.05, 4.69) is 0 Å². The van der Waals surface area contributed by atoms with Crippen LogP contribution in [0.3, 0.4) is 0 Å². The molecule has 2 heterocycles. The molecular formula is C61H56O10S2. The number of Topliss-reactive ketones (excluding diaryl/α,β-unsaturated/α-hetero) is 2. The summed E-state index contributed by atoms with van der Waals surface area (Å²) >= 11 is 2.80. The normalized spacial score (nSPS) is 19.8. The average molecular weight is 1010 g/mol. The molecule has 2 N–H and O–H groups in total. The molecule has 372 valence electrons. The fourth-order valence-electron chi connectivity index (χ4n) is 11.1. The molecule has 2 atom stereocenters. The van der Waals surface area contributed by atoms with Gasteiger partial charge in [0.1, 0.15) is 13.2 Å². The zero-order valence-corrected chi connectivity index (χ0v) is 42.0. The van der Waals surface area contributed by atoms with Crippen LogP contribution in [-0.2, 0) is 30.3 Å². The van der Waals surface area contributed by atoms with E-state index < -0.39 is 47.9 Å². The molecule has 8 aromatic rings. The van der Waals surface area contributed by atoms with Crippen molar-refractivity contribution in [2.45, 2.75) is 81.8 Å². The largest absolute Gasteiger partial charge is 0.462 e. The van der Waals surface area contributed by atoms with Gasteiger partial charge in [0.05, 0.1) is 0 Å². The number of ketones is 2. The molecular weight excluding hydrogens is 957 g/mol. The first-order valence-electron chi connectivity index (χ1n) is 25.2. The fourth-order valence-corrected chi connectivity index (χ4v) is 13.3. The van der Waals surface area contributed by atoms with Crippen LogP contribution in [0.5, 0.6) is 0 Å². The smallest absolute Gasteiger partial charge is 0.306 e. The van der Waals surface area contributed by atoms with Gasteiger partial charge in [-0.25, -0.2) is 0 Å². The molecule has 0 saturated heterocycles. The van der Waals surface area contributed by atoms with Crippen molar-refractivity contribution in [2.75, 3.05) is 13.2 Å². The monoisotopic (exact) mass is 1010 g/mol. The minimum Gasteiger partial charge on any atom is -0.462 e. The first kappa shape index (κ1) is 49.9. The van der Waals surface area contributed by atoms with E-state index in [9.17, 15) is 39.0 Å².